The van der Waals surface area contributed by atoms with Gasteiger partial charge in [0.05, 0.1) is 0 Å². The smallest absolute Gasteiger partial charge is 0.359 e. The molecular formula is C13H18F3N3. The molecule has 1 N–H and O–H groups in total. The molecule has 19 heavy (non-hydrogen) atoms. The molecule has 1 aliphatic heterocycles. The Morgan fingerprint density at radius 1 is 1.42 bits per heavy atom. The predicted molar refractivity (Wildman–Crippen MR) is 68.1 cm³/mol. The van der Waals surface area contributed by atoms with Crippen LogP contribution in [0.2, 0.25) is 0 Å². The molecule has 3 nitrogen and oxygen atoms in total. The van der Waals surface area contributed by atoms with E-state index in [4.69, 9.17) is 0 Å². The van der Waals surface area contributed by atoms with Gasteiger partial charge in [0.15, 0.2) is 0 Å². The van der Waals surface area contributed by atoms with E-state index in [2.05, 4.69) is 10.3 Å². The van der Waals surface area contributed by atoms with Crippen LogP contribution in [0.3, 0.4) is 0 Å². The van der Waals surface area contributed by atoms with E-state index < -0.39 is 11.9 Å². The van der Waals surface area contributed by atoms with E-state index in [0.29, 0.717) is 11.7 Å². The van der Waals surface area contributed by atoms with Crippen molar-refractivity contribution in [3.8, 4) is 0 Å². The monoisotopic (exact) mass is 273 g/mol. The Kier molecular flexibility index (Phi) is 4.29. The van der Waals surface area contributed by atoms with Crippen LogP contribution in [-0.2, 0) is 6.18 Å². The molecule has 1 saturated heterocycles. The number of anilines is 1. The SMILES string of the molecule is CN(CC1CCCNC1)c1cccc(C(F)(F)F)n1. The Morgan fingerprint density at radius 2 is 2.21 bits per heavy atom. The van der Waals surface area contributed by atoms with Crippen molar-refractivity contribution in [2.75, 3.05) is 31.6 Å². The molecule has 0 aliphatic carbocycles. The lowest BCUT2D eigenvalue weighted by molar-refractivity contribution is -0.141. The molecule has 2 heterocycles. The predicted octanol–water partition coefficient (Wildman–Crippen LogP) is 2.54. The number of piperidine rings is 1. The van der Waals surface area contributed by atoms with Crippen LogP contribution in [-0.4, -0.2) is 31.7 Å². The highest BCUT2D eigenvalue weighted by Crippen LogP contribution is 2.28. The molecule has 0 radical (unpaired) electrons. The van der Waals surface area contributed by atoms with Gasteiger partial charge in [0.25, 0.3) is 0 Å². The fourth-order valence-electron chi connectivity index (χ4n) is 2.35. The Morgan fingerprint density at radius 3 is 2.84 bits per heavy atom. The third-order valence-corrected chi connectivity index (χ3v) is 3.35. The van der Waals surface area contributed by atoms with Gasteiger partial charge in [-0.25, -0.2) is 4.98 Å². The van der Waals surface area contributed by atoms with Gasteiger partial charge in [0.2, 0.25) is 0 Å². The number of hydrogen-bond acceptors (Lipinski definition) is 3. The largest absolute Gasteiger partial charge is 0.433 e. The highest BCUT2D eigenvalue weighted by atomic mass is 19.4. The lowest BCUT2D eigenvalue weighted by Gasteiger charge is -2.28. The summed E-state index contributed by atoms with van der Waals surface area (Å²) in [6.07, 6.45) is -2.16. The first-order valence-corrected chi connectivity index (χ1v) is 6.43. The topological polar surface area (TPSA) is 28.2 Å². The number of pyridine rings is 1. The minimum Gasteiger partial charge on any atom is -0.359 e. The summed E-state index contributed by atoms with van der Waals surface area (Å²) in [5.41, 5.74) is -0.835. The average molecular weight is 273 g/mol. The minimum absolute atomic E-state index is 0.375. The number of nitrogens with one attached hydrogen (secondary N) is 1. The molecule has 6 heteroatoms. The first-order valence-electron chi connectivity index (χ1n) is 6.43. The van der Waals surface area contributed by atoms with Gasteiger partial charge >= 0.3 is 6.18 Å². The minimum atomic E-state index is -4.39. The third kappa shape index (κ3) is 3.83. The molecule has 2 rings (SSSR count). The van der Waals surface area contributed by atoms with Gasteiger partial charge in [-0.15, -0.1) is 0 Å². The fraction of sp³-hybridized carbons (Fsp3) is 0.615. The molecule has 1 fully saturated rings. The zero-order valence-electron chi connectivity index (χ0n) is 10.9. The van der Waals surface area contributed by atoms with Crippen molar-refractivity contribution >= 4 is 5.82 Å². The molecule has 1 atom stereocenters. The van der Waals surface area contributed by atoms with Gasteiger partial charge in [0, 0.05) is 13.6 Å². The Balaban J connectivity index is 2.04. The molecule has 1 aromatic heterocycles. The Bertz CT molecular complexity index is 414. The van der Waals surface area contributed by atoms with Crippen molar-refractivity contribution in [1.29, 1.82) is 0 Å². The zero-order valence-corrected chi connectivity index (χ0v) is 10.9. The second-order valence-corrected chi connectivity index (χ2v) is 4.97. The summed E-state index contributed by atoms with van der Waals surface area (Å²) in [7, 11) is 1.79. The molecule has 106 valence electrons. The van der Waals surface area contributed by atoms with Crippen LogP contribution >= 0.6 is 0 Å². The van der Waals surface area contributed by atoms with E-state index in [1.807, 2.05) is 0 Å². The number of alkyl halides is 3. The lowest BCUT2D eigenvalue weighted by atomic mass is 9.99. The Labute approximate surface area is 110 Å². The van der Waals surface area contributed by atoms with Crippen molar-refractivity contribution in [1.82, 2.24) is 10.3 Å². The maximum atomic E-state index is 12.6. The van der Waals surface area contributed by atoms with Gasteiger partial charge < -0.3 is 10.2 Å². The lowest BCUT2D eigenvalue weighted by Crippen LogP contribution is -2.37. The number of halogens is 3. The average Bonchev–Trinajstić information content (AvgIpc) is 2.39. The Hall–Kier alpha value is -1.30. The quantitative estimate of drug-likeness (QED) is 0.917. The normalized spacial score (nSPS) is 20.3. The van der Waals surface area contributed by atoms with Crippen LogP contribution in [0.1, 0.15) is 18.5 Å². The van der Waals surface area contributed by atoms with E-state index in [1.54, 1.807) is 18.0 Å². The first-order chi connectivity index (χ1) is 8.97. The van der Waals surface area contributed by atoms with Crippen LogP contribution in [0.5, 0.6) is 0 Å². The van der Waals surface area contributed by atoms with Gasteiger partial charge in [0.1, 0.15) is 11.5 Å². The summed E-state index contributed by atoms with van der Waals surface area (Å²) in [5, 5.41) is 3.30. The van der Waals surface area contributed by atoms with E-state index >= 15 is 0 Å². The highest BCUT2D eigenvalue weighted by molar-refractivity contribution is 5.38. The number of nitrogens with zero attached hydrogens (tertiary/aromatic N) is 2. The highest BCUT2D eigenvalue weighted by Gasteiger charge is 2.32. The number of hydrogen-bond donors (Lipinski definition) is 1. The summed E-state index contributed by atoms with van der Waals surface area (Å²) in [6, 6.07) is 4.02. The van der Waals surface area contributed by atoms with Crippen molar-refractivity contribution in [2.24, 2.45) is 5.92 Å². The van der Waals surface area contributed by atoms with Crippen molar-refractivity contribution < 1.29 is 13.2 Å². The van der Waals surface area contributed by atoms with Crippen LogP contribution in [0.25, 0.3) is 0 Å². The molecule has 0 saturated carbocycles. The molecule has 0 amide bonds. The van der Waals surface area contributed by atoms with Crippen molar-refractivity contribution in [2.45, 2.75) is 19.0 Å². The second-order valence-electron chi connectivity index (χ2n) is 4.97. The summed E-state index contributed by atoms with van der Waals surface area (Å²) in [5.74, 6) is 0.843. The van der Waals surface area contributed by atoms with Crippen LogP contribution in [0, 0.1) is 5.92 Å². The third-order valence-electron chi connectivity index (χ3n) is 3.35. The maximum Gasteiger partial charge on any atom is 0.433 e. The van der Waals surface area contributed by atoms with Gasteiger partial charge in [-0.2, -0.15) is 13.2 Å². The maximum absolute atomic E-state index is 12.6. The van der Waals surface area contributed by atoms with Crippen LogP contribution in [0.15, 0.2) is 18.2 Å². The van der Waals surface area contributed by atoms with Gasteiger partial charge in [-0.3, -0.25) is 0 Å². The summed E-state index contributed by atoms with van der Waals surface area (Å²) in [4.78, 5) is 5.49. The zero-order chi connectivity index (χ0) is 13.9. The second kappa shape index (κ2) is 5.77. The standard InChI is InChI=1S/C13H18F3N3/c1-19(9-10-4-3-7-17-8-10)12-6-2-5-11(18-12)13(14,15)16/h2,5-6,10,17H,3-4,7-9H2,1H3. The summed E-state index contributed by atoms with van der Waals surface area (Å²) in [6.45, 7) is 2.67. The summed E-state index contributed by atoms with van der Waals surface area (Å²) >= 11 is 0. The number of rotatable bonds is 3. The van der Waals surface area contributed by atoms with Gasteiger partial charge in [-0.05, 0) is 44.0 Å². The van der Waals surface area contributed by atoms with E-state index in [-0.39, 0.29) is 0 Å². The first kappa shape index (κ1) is 14.1. The van der Waals surface area contributed by atoms with Gasteiger partial charge in [-0.1, -0.05) is 6.07 Å². The van der Waals surface area contributed by atoms with Crippen LogP contribution in [0.4, 0.5) is 19.0 Å². The molecular weight excluding hydrogens is 255 g/mol. The molecule has 1 aromatic rings. The van der Waals surface area contributed by atoms with E-state index in [0.717, 1.165) is 38.5 Å². The van der Waals surface area contributed by atoms with Crippen molar-refractivity contribution in [3.63, 3.8) is 0 Å². The van der Waals surface area contributed by atoms with E-state index in [1.165, 1.54) is 6.07 Å². The molecule has 0 aromatic carbocycles. The summed E-state index contributed by atoms with van der Waals surface area (Å²) < 4.78 is 37.8. The molecule has 1 unspecified atom stereocenters. The molecule has 1 aliphatic rings. The number of aromatic nitrogens is 1. The molecule has 0 bridgehead atoms. The molecule has 0 spiro atoms. The van der Waals surface area contributed by atoms with Crippen molar-refractivity contribution in [3.05, 3.63) is 23.9 Å². The van der Waals surface area contributed by atoms with Crippen LogP contribution < -0.4 is 10.2 Å². The van der Waals surface area contributed by atoms with E-state index in [9.17, 15) is 13.2 Å². The fourth-order valence-corrected chi connectivity index (χ4v) is 2.35.